The Kier molecular flexibility index (Phi) is 6.49. The molecule has 8 heteroatoms. The van der Waals surface area contributed by atoms with Gasteiger partial charge in [-0.05, 0) is 59.7 Å². The summed E-state index contributed by atoms with van der Waals surface area (Å²) in [5.74, 6) is -0.176. The Balaban J connectivity index is 1.87. The third-order valence-electron chi connectivity index (χ3n) is 5.73. The van der Waals surface area contributed by atoms with Crippen molar-refractivity contribution in [3.05, 3.63) is 89.3 Å². The van der Waals surface area contributed by atoms with Crippen LogP contribution in [0.4, 0.5) is 0 Å². The fraction of sp³-hybridized carbons (Fsp3) is 0.192. The molecule has 1 atom stereocenters. The summed E-state index contributed by atoms with van der Waals surface area (Å²) in [4.78, 5) is 31.8. The van der Waals surface area contributed by atoms with E-state index in [9.17, 15) is 14.7 Å². The molecule has 0 radical (unpaired) electrons. The van der Waals surface area contributed by atoms with E-state index in [2.05, 4.69) is 4.98 Å². The van der Waals surface area contributed by atoms with E-state index in [1.807, 2.05) is 0 Å². The van der Waals surface area contributed by atoms with Gasteiger partial charge in [-0.25, -0.2) is 0 Å². The van der Waals surface area contributed by atoms with Gasteiger partial charge in [0.15, 0.2) is 11.5 Å². The van der Waals surface area contributed by atoms with E-state index >= 15 is 0 Å². The lowest BCUT2D eigenvalue weighted by Crippen LogP contribution is -2.29. The molecule has 0 bridgehead atoms. The molecule has 2 aromatic carbocycles. The number of likely N-dealkylation sites (tertiary alicyclic amines) is 1. The predicted octanol–water partition coefficient (Wildman–Crippen LogP) is 3.73. The monoisotopic (exact) mass is 460 g/mol. The van der Waals surface area contributed by atoms with E-state index in [0.717, 1.165) is 5.56 Å². The molecule has 1 fully saturated rings. The Bertz CT molecular complexity index is 1240. The molecular formula is C26H24N2O6. The Labute approximate surface area is 197 Å². The molecule has 1 amide bonds. The molecular weight excluding hydrogens is 436 g/mol. The van der Waals surface area contributed by atoms with Crippen molar-refractivity contribution in [3.8, 4) is 17.2 Å². The van der Waals surface area contributed by atoms with Crippen molar-refractivity contribution < 1.29 is 28.9 Å². The number of Topliss-reactive ketones (excluding diaryl/α,β-unsaturated/α-hetero) is 1. The number of hydrogen-bond donors (Lipinski definition) is 1. The van der Waals surface area contributed by atoms with Gasteiger partial charge in [-0.2, -0.15) is 0 Å². The average Bonchev–Trinajstić information content (AvgIpc) is 3.13. The third-order valence-corrected chi connectivity index (χ3v) is 5.73. The number of ketones is 1. The fourth-order valence-electron chi connectivity index (χ4n) is 4.00. The highest BCUT2D eigenvalue weighted by molar-refractivity contribution is 6.46. The highest BCUT2D eigenvalue weighted by atomic mass is 16.5. The van der Waals surface area contributed by atoms with Gasteiger partial charge in [0, 0.05) is 24.5 Å². The highest BCUT2D eigenvalue weighted by Crippen LogP contribution is 2.42. The van der Waals surface area contributed by atoms with Gasteiger partial charge in [0.2, 0.25) is 0 Å². The maximum absolute atomic E-state index is 13.2. The number of methoxy groups -OCH3 is 3. The minimum atomic E-state index is -0.838. The molecule has 8 nitrogen and oxygen atoms in total. The number of rotatable bonds is 7. The van der Waals surface area contributed by atoms with Crippen LogP contribution in [0.25, 0.3) is 5.76 Å². The van der Waals surface area contributed by atoms with Gasteiger partial charge in [-0.1, -0.05) is 6.07 Å². The van der Waals surface area contributed by atoms with Crippen LogP contribution >= 0.6 is 0 Å². The second kappa shape index (κ2) is 9.66. The summed E-state index contributed by atoms with van der Waals surface area (Å²) < 4.78 is 15.9. The Hall–Kier alpha value is -4.33. The van der Waals surface area contributed by atoms with Crippen molar-refractivity contribution in [1.29, 1.82) is 0 Å². The van der Waals surface area contributed by atoms with E-state index in [-0.39, 0.29) is 17.9 Å². The molecule has 0 aliphatic carbocycles. The summed E-state index contributed by atoms with van der Waals surface area (Å²) in [7, 11) is 4.57. The van der Waals surface area contributed by atoms with Crippen molar-refractivity contribution in [2.24, 2.45) is 0 Å². The fourth-order valence-corrected chi connectivity index (χ4v) is 4.00. The highest BCUT2D eigenvalue weighted by Gasteiger charge is 2.46. The number of benzene rings is 2. The number of hydrogen-bond acceptors (Lipinski definition) is 7. The summed E-state index contributed by atoms with van der Waals surface area (Å²) in [5, 5.41) is 11.2. The lowest BCUT2D eigenvalue weighted by Gasteiger charge is -2.26. The summed E-state index contributed by atoms with van der Waals surface area (Å²) >= 11 is 0. The summed E-state index contributed by atoms with van der Waals surface area (Å²) in [6.45, 7) is 0.158. The van der Waals surface area contributed by atoms with Crippen LogP contribution in [0.1, 0.15) is 22.7 Å². The summed E-state index contributed by atoms with van der Waals surface area (Å²) in [6, 6.07) is 14.5. The van der Waals surface area contributed by atoms with Crippen LogP contribution in [0.5, 0.6) is 17.2 Å². The van der Waals surface area contributed by atoms with Gasteiger partial charge in [0.1, 0.15) is 11.5 Å². The average molecular weight is 460 g/mol. The normalized spacial score (nSPS) is 17.0. The lowest BCUT2D eigenvalue weighted by atomic mass is 9.94. The van der Waals surface area contributed by atoms with Crippen molar-refractivity contribution in [1.82, 2.24) is 9.88 Å². The van der Waals surface area contributed by atoms with Crippen molar-refractivity contribution >= 4 is 17.4 Å². The molecule has 34 heavy (non-hydrogen) atoms. The first-order chi connectivity index (χ1) is 16.5. The standard InChI is InChI=1S/C26H24N2O6/c1-32-19-7-4-17(5-8-19)24(29)22-23(18-6-9-20(33-2)21(14-18)34-3)28(26(31)25(22)30)15-16-10-12-27-13-11-16/h4-14,23,29H,15H2,1-3H3/b24-22+. The number of nitrogens with zero attached hydrogens (tertiary/aromatic N) is 2. The SMILES string of the molecule is COc1ccc(/C(O)=C2\C(=O)C(=O)N(Cc3ccncc3)C2c2ccc(OC)c(OC)c2)cc1. The van der Waals surface area contributed by atoms with E-state index in [0.29, 0.717) is 28.4 Å². The largest absolute Gasteiger partial charge is 0.507 e. The molecule has 0 saturated carbocycles. The molecule has 1 unspecified atom stereocenters. The lowest BCUT2D eigenvalue weighted by molar-refractivity contribution is -0.140. The van der Waals surface area contributed by atoms with Gasteiger partial charge >= 0.3 is 0 Å². The summed E-state index contributed by atoms with van der Waals surface area (Å²) in [5.41, 5.74) is 1.79. The van der Waals surface area contributed by atoms with Crippen molar-refractivity contribution in [2.75, 3.05) is 21.3 Å². The van der Waals surface area contributed by atoms with Crippen molar-refractivity contribution in [2.45, 2.75) is 12.6 Å². The van der Waals surface area contributed by atoms with E-state index in [1.54, 1.807) is 67.0 Å². The molecule has 174 valence electrons. The molecule has 3 aromatic rings. The first kappa shape index (κ1) is 22.8. The molecule has 1 aliphatic heterocycles. The first-order valence-electron chi connectivity index (χ1n) is 10.5. The molecule has 4 rings (SSSR count). The van der Waals surface area contributed by atoms with Crippen LogP contribution in [-0.4, -0.2) is 48.0 Å². The number of aromatic nitrogens is 1. The van der Waals surface area contributed by atoms with Crippen molar-refractivity contribution in [3.63, 3.8) is 0 Å². The number of carbonyl (C=O) groups is 2. The van der Waals surface area contributed by atoms with Gasteiger partial charge in [-0.15, -0.1) is 0 Å². The number of ether oxygens (including phenoxy) is 3. The molecule has 1 aromatic heterocycles. The quantitative estimate of drug-likeness (QED) is 0.326. The van der Waals surface area contributed by atoms with Gasteiger partial charge in [0.05, 0.1) is 32.9 Å². The first-order valence-corrected chi connectivity index (χ1v) is 10.5. The number of carbonyl (C=O) groups excluding carboxylic acids is 2. The number of amides is 1. The minimum Gasteiger partial charge on any atom is -0.507 e. The summed E-state index contributed by atoms with van der Waals surface area (Å²) in [6.07, 6.45) is 3.24. The maximum Gasteiger partial charge on any atom is 0.295 e. The molecule has 1 aliphatic rings. The van der Waals surface area contributed by atoms with Gasteiger partial charge in [-0.3, -0.25) is 14.6 Å². The second-order valence-electron chi connectivity index (χ2n) is 7.63. The molecule has 1 saturated heterocycles. The molecule has 0 spiro atoms. The van der Waals surface area contributed by atoms with E-state index < -0.39 is 17.7 Å². The predicted molar refractivity (Wildman–Crippen MR) is 125 cm³/mol. The smallest absolute Gasteiger partial charge is 0.295 e. The van der Waals surface area contributed by atoms with E-state index in [4.69, 9.17) is 14.2 Å². The zero-order valence-electron chi connectivity index (χ0n) is 19.0. The van der Waals surface area contributed by atoms with Crippen LogP contribution in [0.15, 0.2) is 72.6 Å². The van der Waals surface area contributed by atoms with E-state index in [1.165, 1.54) is 26.2 Å². The van der Waals surface area contributed by atoms with Crippen LogP contribution in [0, 0.1) is 0 Å². The zero-order valence-corrected chi connectivity index (χ0v) is 19.0. The Morgan fingerprint density at radius 3 is 2.21 bits per heavy atom. The van der Waals surface area contributed by atoms with Crippen LogP contribution < -0.4 is 14.2 Å². The number of pyridine rings is 1. The number of aliphatic hydroxyl groups excluding tert-OH is 1. The van der Waals surface area contributed by atoms with Crippen LogP contribution in [-0.2, 0) is 16.1 Å². The zero-order chi connectivity index (χ0) is 24.2. The second-order valence-corrected chi connectivity index (χ2v) is 7.63. The van der Waals surface area contributed by atoms with Crippen LogP contribution in [0.2, 0.25) is 0 Å². The third kappa shape index (κ3) is 4.17. The molecule has 2 heterocycles. The van der Waals surface area contributed by atoms with Gasteiger partial charge < -0.3 is 24.2 Å². The Morgan fingerprint density at radius 2 is 1.59 bits per heavy atom. The minimum absolute atomic E-state index is 0.00329. The Morgan fingerprint density at radius 1 is 0.912 bits per heavy atom. The maximum atomic E-state index is 13.2. The topological polar surface area (TPSA) is 98.2 Å². The number of aliphatic hydroxyl groups is 1. The molecule has 1 N–H and O–H groups in total. The van der Waals surface area contributed by atoms with Crippen LogP contribution in [0.3, 0.4) is 0 Å². The van der Waals surface area contributed by atoms with Gasteiger partial charge in [0.25, 0.3) is 11.7 Å².